The quantitative estimate of drug-likeness (QED) is 0.0114. The van der Waals surface area contributed by atoms with Gasteiger partial charge >= 0.3 is 18.1 Å². The standard InChI is InChI=1S/C43H65N7O11S/c1-42(2,3)60-38(53)16-15-35(51)32-14-13-30(26-33(32)48-41(55)61-43(4,5)6)10-9-19-59-28-31(50-44)27-45-17-20-56-22-24-58-25-23-57-21-18-46-37(52)12-8-7-11-36-39-34(29-62-36)47-40(54)49-39/h13-14,26-27,34,36,39H,7-8,11-12,15-25,28-29,44H2,1-6H3,(H,46,52)(H,48,55)(H2,47,49,54)/p+1/t34?,36-,39-/m0/s1. The molecule has 344 valence electrons. The molecule has 1 aromatic rings. The van der Waals surface area contributed by atoms with Crippen LogP contribution in [0.15, 0.2) is 23.3 Å². The summed E-state index contributed by atoms with van der Waals surface area (Å²) in [4.78, 5) is 64.5. The number of benzene rings is 1. The van der Waals surface area contributed by atoms with E-state index >= 15 is 0 Å². The summed E-state index contributed by atoms with van der Waals surface area (Å²) < 4.78 is 32.9. The van der Waals surface area contributed by atoms with Crippen LogP contribution in [0.25, 0.3) is 0 Å². The van der Waals surface area contributed by atoms with Crippen molar-refractivity contribution in [2.24, 2.45) is 10.9 Å². The van der Waals surface area contributed by atoms with E-state index in [2.05, 4.69) is 43.2 Å². The minimum Gasteiger partial charge on any atom is -0.460 e. The molecule has 2 saturated heterocycles. The second-order valence-electron chi connectivity index (χ2n) is 16.5. The Morgan fingerprint density at radius 1 is 0.919 bits per heavy atom. The third-order valence-corrected chi connectivity index (χ3v) is 10.3. The fraction of sp³-hybridized carbons (Fsp3) is 0.651. The maximum Gasteiger partial charge on any atom is 0.412 e. The summed E-state index contributed by atoms with van der Waals surface area (Å²) in [5, 5.41) is 15.6. The number of Topliss-reactive ketones (excluding diaryl/α,β-unsaturated/α-hetero) is 1. The minimum atomic E-state index is -0.762. The maximum atomic E-state index is 13.1. The molecule has 62 heavy (non-hydrogen) atoms. The van der Waals surface area contributed by atoms with Gasteiger partial charge in [-0.15, -0.1) is 0 Å². The van der Waals surface area contributed by atoms with Gasteiger partial charge in [-0.1, -0.05) is 18.3 Å². The molecule has 0 aliphatic carbocycles. The molecule has 0 radical (unpaired) electrons. The number of nitrogens with two attached hydrogens (primary N) is 1. The fourth-order valence-corrected chi connectivity index (χ4v) is 7.62. The number of amides is 4. The zero-order valence-corrected chi connectivity index (χ0v) is 37.8. The number of nitrogens with zero attached hydrogens (tertiary/aromatic N) is 1. The first-order chi connectivity index (χ1) is 29.5. The van der Waals surface area contributed by atoms with Gasteiger partial charge in [-0.25, -0.2) is 14.6 Å². The molecule has 2 heterocycles. The van der Waals surface area contributed by atoms with E-state index in [9.17, 15) is 24.0 Å². The topological polar surface area (TPSA) is 241 Å². The van der Waals surface area contributed by atoms with E-state index in [4.69, 9.17) is 34.3 Å². The molecule has 0 saturated carbocycles. The largest absolute Gasteiger partial charge is 0.460 e. The van der Waals surface area contributed by atoms with Crippen LogP contribution >= 0.6 is 11.8 Å². The Bertz CT molecular complexity index is 1750. The predicted octanol–water partition coefficient (Wildman–Crippen LogP) is 2.06. The number of hydrogen-bond donors (Lipinski definition) is 6. The fourth-order valence-electron chi connectivity index (χ4n) is 6.07. The first kappa shape index (κ1) is 51.6. The Kier molecular flexibility index (Phi) is 22.8. The van der Waals surface area contributed by atoms with Gasteiger partial charge in [0.1, 0.15) is 30.1 Å². The zero-order valence-electron chi connectivity index (χ0n) is 37.0. The number of nitrogens with one attached hydrogen (secondary N) is 5. The SMILES string of the molecule is CC(C)(C)OC(=O)CCC(=O)c1ccc(C#CCOCC(C=[NH+]CCOCCOCCOCCNC(=O)CCCC[C@@H]2SCC3NC(=O)N[C@@H]32)=NN)cc1NC(=O)OC(C)(C)C. The molecule has 1 unspecified atom stereocenters. The Hall–Kier alpha value is -4.74. The number of urea groups is 1. The highest BCUT2D eigenvalue weighted by atomic mass is 32.2. The van der Waals surface area contributed by atoms with Gasteiger partial charge in [-0.3, -0.25) is 19.7 Å². The Morgan fingerprint density at radius 2 is 1.63 bits per heavy atom. The molecular formula is C43H66N7O11S+. The minimum absolute atomic E-state index is 0.0166. The van der Waals surface area contributed by atoms with Crippen LogP contribution in [0, 0.1) is 11.8 Å². The number of ether oxygens (including phenoxy) is 6. The van der Waals surface area contributed by atoms with E-state index in [1.807, 2.05) is 11.8 Å². The first-order valence-corrected chi connectivity index (χ1v) is 22.1. The third kappa shape index (κ3) is 21.9. The van der Waals surface area contributed by atoms with Gasteiger partial charge in [0.05, 0.1) is 63.8 Å². The number of carbonyl (C=O) groups excluding carboxylic acids is 5. The lowest BCUT2D eigenvalue weighted by atomic mass is 10.0. The van der Waals surface area contributed by atoms with Crippen LogP contribution in [-0.2, 0) is 38.0 Å². The number of hydrazone groups is 1. The van der Waals surface area contributed by atoms with Crippen LogP contribution in [0.1, 0.15) is 96.0 Å². The average molecular weight is 889 g/mol. The lowest BCUT2D eigenvalue weighted by Gasteiger charge is -2.21. The van der Waals surface area contributed by atoms with Gasteiger partial charge in [-0.05, 0) is 72.6 Å². The number of carbonyl (C=O) groups is 5. The van der Waals surface area contributed by atoms with Gasteiger partial charge in [0.2, 0.25) is 5.91 Å². The molecule has 4 amide bonds. The van der Waals surface area contributed by atoms with Gasteiger partial charge in [0, 0.05) is 41.5 Å². The van der Waals surface area contributed by atoms with Crippen molar-refractivity contribution in [3.05, 3.63) is 29.3 Å². The molecular weight excluding hydrogens is 823 g/mol. The lowest BCUT2D eigenvalue weighted by Crippen LogP contribution is -2.71. The second-order valence-corrected chi connectivity index (χ2v) is 17.7. The van der Waals surface area contributed by atoms with Crippen molar-refractivity contribution < 1.29 is 57.4 Å². The number of rotatable bonds is 26. The van der Waals surface area contributed by atoms with Crippen molar-refractivity contribution in [1.82, 2.24) is 16.0 Å². The van der Waals surface area contributed by atoms with Crippen molar-refractivity contribution in [3.8, 4) is 11.8 Å². The molecule has 18 nitrogen and oxygen atoms in total. The van der Waals surface area contributed by atoms with Crippen LogP contribution < -0.4 is 32.1 Å². The van der Waals surface area contributed by atoms with Gasteiger partial charge in [0.25, 0.3) is 0 Å². The molecule has 0 aromatic heterocycles. The van der Waals surface area contributed by atoms with Gasteiger partial charge in [-0.2, -0.15) is 16.9 Å². The van der Waals surface area contributed by atoms with E-state index < -0.39 is 23.3 Å². The summed E-state index contributed by atoms with van der Waals surface area (Å²) in [7, 11) is 0. The molecule has 19 heteroatoms. The van der Waals surface area contributed by atoms with Crippen molar-refractivity contribution in [1.29, 1.82) is 0 Å². The van der Waals surface area contributed by atoms with Crippen LogP contribution in [0.5, 0.6) is 0 Å². The summed E-state index contributed by atoms with van der Waals surface area (Å²) in [6.07, 6.45) is 3.91. The van der Waals surface area contributed by atoms with Gasteiger partial charge < -0.3 is 50.2 Å². The van der Waals surface area contributed by atoms with E-state index in [1.54, 1.807) is 66.0 Å². The summed E-state index contributed by atoms with van der Waals surface area (Å²) in [6, 6.07) is 5.09. The van der Waals surface area contributed by atoms with E-state index in [-0.39, 0.29) is 67.1 Å². The summed E-state index contributed by atoms with van der Waals surface area (Å²) in [6.45, 7) is 14.0. The molecule has 2 fully saturated rings. The third-order valence-electron chi connectivity index (χ3n) is 8.81. The van der Waals surface area contributed by atoms with Crippen molar-refractivity contribution in [2.45, 2.75) is 109 Å². The van der Waals surface area contributed by atoms with Gasteiger partial charge in [0.15, 0.2) is 18.5 Å². The van der Waals surface area contributed by atoms with Crippen molar-refractivity contribution in [3.63, 3.8) is 0 Å². The summed E-state index contributed by atoms with van der Waals surface area (Å²) >= 11 is 1.89. The monoisotopic (exact) mass is 888 g/mol. The van der Waals surface area contributed by atoms with Crippen LogP contribution in [0.4, 0.5) is 15.3 Å². The first-order valence-electron chi connectivity index (χ1n) is 21.0. The summed E-state index contributed by atoms with van der Waals surface area (Å²) in [5.74, 6) is 11.5. The van der Waals surface area contributed by atoms with Crippen LogP contribution in [-0.4, -0.2) is 142 Å². The Morgan fingerprint density at radius 3 is 2.34 bits per heavy atom. The molecule has 7 N–H and O–H groups in total. The van der Waals surface area contributed by atoms with Crippen LogP contribution in [0.2, 0.25) is 0 Å². The molecule has 1 aromatic carbocycles. The highest BCUT2D eigenvalue weighted by Gasteiger charge is 2.42. The maximum absolute atomic E-state index is 13.1. The lowest BCUT2D eigenvalue weighted by molar-refractivity contribution is -0.454. The molecule has 2 aliphatic heterocycles. The molecule has 0 bridgehead atoms. The highest BCUT2D eigenvalue weighted by molar-refractivity contribution is 8.00. The normalized spacial score (nSPS) is 17.4. The van der Waals surface area contributed by atoms with E-state index in [0.29, 0.717) is 75.7 Å². The van der Waals surface area contributed by atoms with Crippen LogP contribution in [0.3, 0.4) is 0 Å². The Balaban J connectivity index is 1.22. The van der Waals surface area contributed by atoms with E-state index in [0.717, 1.165) is 25.0 Å². The predicted molar refractivity (Wildman–Crippen MR) is 236 cm³/mol. The van der Waals surface area contributed by atoms with Crippen molar-refractivity contribution >= 4 is 59.2 Å². The molecule has 3 atom stereocenters. The highest BCUT2D eigenvalue weighted by Crippen LogP contribution is 2.33. The number of unbranched alkanes of at least 4 members (excludes halogenated alkanes) is 1. The number of hydrogen-bond acceptors (Lipinski definition) is 14. The molecule has 3 rings (SSSR count). The number of ketones is 1. The smallest absolute Gasteiger partial charge is 0.412 e. The second kappa shape index (κ2) is 27.3. The zero-order chi connectivity index (χ0) is 45.4. The number of fused-ring (bicyclic) bond motifs is 1. The number of anilines is 1. The number of thioether (sulfide) groups is 1. The molecule has 2 aliphatic rings. The number of esters is 1. The van der Waals surface area contributed by atoms with Crippen molar-refractivity contribution in [2.75, 3.05) is 77.0 Å². The average Bonchev–Trinajstić information content (AvgIpc) is 3.75. The van der Waals surface area contributed by atoms with E-state index in [1.165, 1.54) is 0 Å². The molecule has 0 spiro atoms. The summed E-state index contributed by atoms with van der Waals surface area (Å²) in [5.41, 5.74) is -0.0517. The Labute approximate surface area is 369 Å².